The quantitative estimate of drug-likeness (QED) is 0.727. The zero-order chi connectivity index (χ0) is 18.4. The first kappa shape index (κ1) is 18.9. The molecule has 1 fully saturated rings. The molecular formula is C20H23BrFN3O. The maximum absolute atomic E-state index is 13.9. The average molecular weight is 420 g/mol. The molecule has 0 aromatic heterocycles. The molecule has 0 aliphatic carbocycles. The molecule has 0 spiro atoms. The Balaban J connectivity index is 1.36. The average Bonchev–Trinajstić information content (AvgIpc) is 2.67. The highest BCUT2D eigenvalue weighted by molar-refractivity contribution is 9.10. The zero-order valence-corrected chi connectivity index (χ0v) is 16.2. The van der Waals surface area contributed by atoms with Gasteiger partial charge in [0.15, 0.2) is 0 Å². The van der Waals surface area contributed by atoms with Crippen LogP contribution >= 0.6 is 15.9 Å². The molecule has 26 heavy (non-hydrogen) atoms. The SMILES string of the molecule is O=C(NCCCN1CCN(c2ccccc2F)CC1)c1ccc(Br)cc1. The standard InChI is InChI=1S/C20H23BrFN3O/c21-17-8-6-16(7-9-17)20(26)23-10-3-11-24-12-14-25(15-13-24)19-5-2-1-4-18(19)22/h1-2,4-9H,3,10-15H2,(H,23,26). The molecule has 3 rings (SSSR count). The zero-order valence-electron chi connectivity index (χ0n) is 14.6. The molecule has 1 amide bonds. The molecule has 2 aromatic rings. The van der Waals surface area contributed by atoms with Gasteiger partial charge in [-0.05, 0) is 49.4 Å². The number of benzene rings is 2. The van der Waals surface area contributed by atoms with Gasteiger partial charge in [0.2, 0.25) is 0 Å². The first-order valence-electron chi connectivity index (χ1n) is 8.89. The molecule has 1 saturated heterocycles. The summed E-state index contributed by atoms with van der Waals surface area (Å²) in [7, 11) is 0. The van der Waals surface area contributed by atoms with Crippen molar-refractivity contribution in [3.8, 4) is 0 Å². The molecule has 1 heterocycles. The van der Waals surface area contributed by atoms with Crippen LogP contribution in [0.5, 0.6) is 0 Å². The lowest BCUT2D eigenvalue weighted by Crippen LogP contribution is -2.47. The van der Waals surface area contributed by atoms with Gasteiger partial charge >= 0.3 is 0 Å². The second kappa shape index (κ2) is 9.14. The van der Waals surface area contributed by atoms with Crippen LogP contribution in [0.2, 0.25) is 0 Å². The van der Waals surface area contributed by atoms with Crippen molar-refractivity contribution >= 4 is 27.5 Å². The second-order valence-electron chi connectivity index (χ2n) is 6.40. The minimum absolute atomic E-state index is 0.0399. The van der Waals surface area contributed by atoms with Gasteiger partial charge in [-0.1, -0.05) is 28.1 Å². The first-order chi connectivity index (χ1) is 12.6. The Morgan fingerprint density at radius 3 is 2.42 bits per heavy atom. The van der Waals surface area contributed by atoms with E-state index in [4.69, 9.17) is 0 Å². The molecule has 2 aromatic carbocycles. The molecule has 0 radical (unpaired) electrons. The van der Waals surface area contributed by atoms with Crippen molar-refractivity contribution in [1.29, 1.82) is 0 Å². The molecular weight excluding hydrogens is 397 g/mol. The fraction of sp³-hybridized carbons (Fsp3) is 0.350. The first-order valence-corrected chi connectivity index (χ1v) is 9.68. The number of carbonyl (C=O) groups is 1. The second-order valence-corrected chi connectivity index (χ2v) is 7.31. The summed E-state index contributed by atoms with van der Waals surface area (Å²) in [6, 6.07) is 14.3. The number of nitrogens with zero attached hydrogens (tertiary/aromatic N) is 2. The summed E-state index contributed by atoms with van der Waals surface area (Å²) in [5, 5.41) is 2.96. The number of anilines is 1. The number of hydrogen-bond acceptors (Lipinski definition) is 3. The third-order valence-corrected chi connectivity index (χ3v) is 5.14. The number of carbonyl (C=O) groups excluding carboxylic acids is 1. The number of amides is 1. The van der Waals surface area contributed by atoms with E-state index in [9.17, 15) is 9.18 Å². The van der Waals surface area contributed by atoms with Crippen molar-refractivity contribution in [2.45, 2.75) is 6.42 Å². The number of para-hydroxylation sites is 1. The van der Waals surface area contributed by atoms with Gasteiger partial charge in [-0.15, -0.1) is 0 Å². The van der Waals surface area contributed by atoms with Crippen LogP contribution in [0.1, 0.15) is 16.8 Å². The van der Waals surface area contributed by atoms with Crippen molar-refractivity contribution in [2.24, 2.45) is 0 Å². The molecule has 1 aliphatic heterocycles. The molecule has 4 nitrogen and oxygen atoms in total. The number of hydrogen-bond donors (Lipinski definition) is 1. The molecule has 0 unspecified atom stereocenters. The molecule has 138 valence electrons. The summed E-state index contributed by atoms with van der Waals surface area (Å²) >= 11 is 3.36. The van der Waals surface area contributed by atoms with Crippen LogP contribution in [-0.4, -0.2) is 50.1 Å². The van der Waals surface area contributed by atoms with Crippen LogP contribution in [0.4, 0.5) is 10.1 Å². The Hall–Kier alpha value is -1.92. The lowest BCUT2D eigenvalue weighted by Gasteiger charge is -2.36. The molecule has 1 N–H and O–H groups in total. The third kappa shape index (κ3) is 5.05. The normalized spacial score (nSPS) is 15.1. The topological polar surface area (TPSA) is 35.6 Å². The van der Waals surface area contributed by atoms with Gasteiger partial charge in [0, 0.05) is 42.8 Å². The Morgan fingerprint density at radius 1 is 1.04 bits per heavy atom. The van der Waals surface area contributed by atoms with Crippen LogP contribution < -0.4 is 10.2 Å². The van der Waals surface area contributed by atoms with E-state index in [1.165, 1.54) is 6.07 Å². The largest absolute Gasteiger partial charge is 0.367 e. The predicted octanol–water partition coefficient (Wildman–Crippen LogP) is 3.53. The van der Waals surface area contributed by atoms with Crippen LogP contribution in [0.25, 0.3) is 0 Å². The maximum Gasteiger partial charge on any atom is 0.251 e. The Morgan fingerprint density at radius 2 is 1.73 bits per heavy atom. The maximum atomic E-state index is 13.9. The Kier molecular flexibility index (Phi) is 6.63. The number of halogens is 2. The summed E-state index contributed by atoms with van der Waals surface area (Å²) < 4.78 is 14.8. The minimum Gasteiger partial charge on any atom is -0.367 e. The van der Waals surface area contributed by atoms with Crippen molar-refractivity contribution in [3.05, 3.63) is 64.4 Å². The molecule has 1 aliphatic rings. The summed E-state index contributed by atoms with van der Waals surface area (Å²) in [6.45, 7) is 5.07. The number of nitrogens with one attached hydrogen (secondary N) is 1. The van der Waals surface area contributed by atoms with Gasteiger partial charge in [0.1, 0.15) is 5.82 Å². The lowest BCUT2D eigenvalue weighted by molar-refractivity contribution is 0.0951. The molecule has 0 atom stereocenters. The highest BCUT2D eigenvalue weighted by Gasteiger charge is 2.18. The van der Waals surface area contributed by atoms with E-state index in [0.29, 0.717) is 17.8 Å². The van der Waals surface area contributed by atoms with Crippen LogP contribution in [0.3, 0.4) is 0 Å². The van der Waals surface area contributed by atoms with Crippen molar-refractivity contribution in [2.75, 3.05) is 44.2 Å². The number of rotatable bonds is 6. The number of piperazine rings is 1. The van der Waals surface area contributed by atoms with Crippen LogP contribution in [-0.2, 0) is 0 Å². The van der Waals surface area contributed by atoms with E-state index >= 15 is 0 Å². The van der Waals surface area contributed by atoms with E-state index in [2.05, 4.69) is 31.0 Å². The molecule has 0 saturated carbocycles. The van der Waals surface area contributed by atoms with E-state index in [1.807, 2.05) is 24.3 Å². The summed E-state index contributed by atoms with van der Waals surface area (Å²) in [5.74, 6) is -0.196. The minimum atomic E-state index is -0.156. The fourth-order valence-electron chi connectivity index (χ4n) is 3.13. The van der Waals surface area contributed by atoms with Crippen molar-refractivity contribution < 1.29 is 9.18 Å². The lowest BCUT2D eigenvalue weighted by atomic mass is 10.2. The van der Waals surface area contributed by atoms with Crippen molar-refractivity contribution in [3.63, 3.8) is 0 Å². The van der Waals surface area contributed by atoms with E-state index in [0.717, 1.165) is 43.6 Å². The molecule has 0 bridgehead atoms. The van der Waals surface area contributed by atoms with Crippen LogP contribution in [0, 0.1) is 5.82 Å². The fourth-order valence-corrected chi connectivity index (χ4v) is 3.39. The van der Waals surface area contributed by atoms with Gasteiger partial charge in [0.25, 0.3) is 5.91 Å². The Labute approximate surface area is 162 Å². The van der Waals surface area contributed by atoms with Gasteiger partial charge in [-0.2, -0.15) is 0 Å². The van der Waals surface area contributed by atoms with E-state index in [-0.39, 0.29) is 11.7 Å². The summed E-state index contributed by atoms with van der Waals surface area (Å²) in [6.07, 6.45) is 0.905. The van der Waals surface area contributed by atoms with Gasteiger partial charge in [-0.25, -0.2) is 4.39 Å². The Bertz CT molecular complexity index is 730. The van der Waals surface area contributed by atoms with E-state index in [1.54, 1.807) is 18.2 Å². The highest BCUT2D eigenvalue weighted by atomic mass is 79.9. The smallest absolute Gasteiger partial charge is 0.251 e. The third-order valence-electron chi connectivity index (χ3n) is 4.61. The predicted molar refractivity (Wildman–Crippen MR) is 106 cm³/mol. The van der Waals surface area contributed by atoms with Crippen molar-refractivity contribution in [1.82, 2.24) is 10.2 Å². The van der Waals surface area contributed by atoms with E-state index < -0.39 is 0 Å². The van der Waals surface area contributed by atoms with Gasteiger partial charge in [-0.3, -0.25) is 9.69 Å². The monoisotopic (exact) mass is 419 g/mol. The van der Waals surface area contributed by atoms with Crippen LogP contribution in [0.15, 0.2) is 53.0 Å². The van der Waals surface area contributed by atoms with Gasteiger partial charge < -0.3 is 10.2 Å². The molecule has 6 heteroatoms. The highest BCUT2D eigenvalue weighted by Crippen LogP contribution is 2.20. The van der Waals surface area contributed by atoms with Gasteiger partial charge in [0.05, 0.1) is 5.69 Å². The summed E-state index contributed by atoms with van der Waals surface area (Å²) in [5.41, 5.74) is 1.36. The summed E-state index contributed by atoms with van der Waals surface area (Å²) in [4.78, 5) is 16.5.